The van der Waals surface area contributed by atoms with Gasteiger partial charge in [-0.15, -0.1) is 0 Å². The van der Waals surface area contributed by atoms with E-state index in [0.29, 0.717) is 22.4 Å². The highest BCUT2D eigenvalue weighted by atomic mass is 79.9. The van der Waals surface area contributed by atoms with Gasteiger partial charge in [-0.3, -0.25) is 10.1 Å². The van der Waals surface area contributed by atoms with Crippen LogP contribution >= 0.6 is 15.9 Å². The van der Waals surface area contributed by atoms with E-state index in [0.717, 1.165) is 31.7 Å². The summed E-state index contributed by atoms with van der Waals surface area (Å²) in [6.45, 7) is 1.92. The van der Waals surface area contributed by atoms with E-state index in [-0.39, 0.29) is 5.69 Å². The van der Waals surface area contributed by atoms with Crippen molar-refractivity contribution in [3.05, 3.63) is 26.9 Å². The molecule has 2 fully saturated rings. The molecule has 0 spiro atoms. The molecule has 0 aromatic carbocycles. The largest absolute Gasteiger partial charge is 0.355 e. The summed E-state index contributed by atoms with van der Waals surface area (Å²) in [5.74, 6) is 2.11. The first-order valence-corrected chi connectivity index (χ1v) is 7.64. The molecule has 6 nitrogen and oxygen atoms in total. The standard InChI is InChI=1S/C13H17BrN4O2/c14-12-4-11(18(19)20)5-16-13(12)17-6-8-1-2-10(15)3-9(8)7-17/h4-5,8-10H,1-3,6-7,15H2/t8-,9+,10?/m1/s1. The lowest BCUT2D eigenvalue weighted by Crippen LogP contribution is -2.32. The van der Waals surface area contributed by atoms with E-state index in [2.05, 4.69) is 25.8 Å². The number of hydrogen-bond acceptors (Lipinski definition) is 5. The zero-order valence-electron chi connectivity index (χ0n) is 11.0. The van der Waals surface area contributed by atoms with Crippen LogP contribution in [0.15, 0.2) is 16.7 Å². The fraction of sp³-hybridized carbons (Fsp3) is 0.615. The Hall–Kier alpha value is -1.21. The van der Waals surface area contributed by atoms with Crippen molar-refractivity contribution in [2.24, 2.45) is 17.6 Å². The fourth-order valence-corrected chi connectivity index (χ4v) is 3.98. The molecule has 1 unspecified atom stereocenters. The van der Waals surface area contributed by atoms with Crippen LogP contribution in [0, 0.1) is 22.0 Å². The van der Waals surface area contributed by atoms with Crippen LogP contribution < -0.4 is 10.6 Å². The summed E-state index contributed by atoms with van der Waals surface area (Å²) in [5.41, 5.74) is 6.05. The maximum atomic E-state index is 10.7. The molecule has 108 valence electrons. The normalized spacial score (nSPS) is 29.3. The molecule has 2 aliphatic rings. The topological polar surface area (TPSA) is 85.3 Å². The van der Waals surface area contributed by atoms with Gasteiger partial charge in [0.15, 0.2) is 0 Å². The Morgan fingerprint density at radius 1 is 1.40 bits per heavy atom. The zero-order valence-corrected chi connectivity index (χ0v) is 12.6. The molecule has 1 saturated heterocycles. The van der Waals surface area contributed by atoms with Crippen molar-refractivity contribution in [3.63, 3.8) is 0 Å². The maximum Gasteiger partial charge on any atom is 0.288 e. The average molecular weight is 341 g/mol. The molecule has 3 rings (SSSR count). The smallest absolute Gasteiger partial charge is 0.288 e. The van der Waals surface area contributed by atoms with Crippen LogP contribution in [0.3, 0.4) is 0 Å². The Labute approximate surface area is 125 Å². The van der Waals surface area contributed by atoms with Crippen molar-refractivity contribution >= 4 is 27.4 Å². The number of rotatable bonds is 2. The number of nitrogens with zero attached hydrogens (tertiary/aromatic N) is 3. The van der Waals surface area contributed by atoms with Gasteiger partial charge >= 0.3 is 0 Å². The lowest BCUT2D eigenvalue weighted by molar-refractivity contribution is -0.385. The molecule has 2 N–H and O–H groups in total. The van der Waals surface area contributed by atoms with Crippen molar-refractivity contribution in [2.75, 3.05) is 18.0 Å². The summed E-state index contributed by atoms with van der Waals surface area (Å²) in [6.07, 6.45) is 4.68. The van der Waals surface area contributed by atoms with E-state index in [1.54, 1.807) is 0 Å². The van der Waals surface area contributed by atoms with Gasteiger partial charge in [0.1, 0.15) is 12.0 Å². The Balaban J connectivity index is 1.79. The van der Waals surface area contributed by atoms with Gasteiger partial charge in [0, 0.05) is 25.2 Å². The minimum absolute atomic E-state index is 0.0132. The first-order valence-electron chi connectivity index (χ1n) is 6.85. The van der Waals surface area contributed by atoms with Crippen LogP contribution in [0.25, 0.3) is 0 Å². The average Bonchev–Trinajstić information content (AvgIpc) is 2.80. The molecule has 1 aliphatic heterocycles. The van der Waals surface area contributed by atoms with Gasteiger partial charge in [-0.05, 0) is 47.0 Å². The van der Waals surface area contributed by atoms with E-state index in [1.807, 2.05) is 0 Å². The highest BCUT2D eigenvalue weighted by Gasteiger charge is 2.37. The fourth-order valence-electron chi connectivity index (χ4n) is 3.39. The summed E-state index contributed by atoms with van der Waals surface area (Å²) in [5, 5.41) is 10.7. The van der Waals surface area contributed by atoms with E-state index in [9.17, 15) is 10.1 Å². The second kappa shape index (κ2) is 5.29. The van der Waals surface area contributed by atoms with Crippen molar-refractivity contribution in [1.29, 1.82) is 0 Å². The third kappa shape index (κ3) is 2.52. The number of nitrogens with two attached hydrogens (primary N) is 1. The molecule has 1 aromatic heterocycles. The molecular weight excluding hydrogens is 324 g/mol. The first-order chi connectivity index (χ1) is 9.54. The highest BCUT2D eigenvalue weighted by molar-refractivity contribution is 9.10. The van der Waals surface area contributed by atoms with E-state index >= 15 is 0 Å². The summed E-state index contributed by atoms with van der Waals surface area (Å²) in [7, 11) is 0. The molecule has 3 atom stereocenters. The minimum Gasteiger partial charge on any atom is -0.355 e. The van der Waals surface area contributed by atoms with Crippen molar-refractivity contribution in [1.82, 2.24) is 4.98 Å². The van der Waals surface area contributed by atoms with Gasteiger partial charge in [0.2, 0.25) is 0 Å². The number of pyridine rings is 1. The zero-order chi connectivity index (χ0) is 14.3. The molecule has 20 heavy (non-hydrogen) atoms. The summed E-state index contributed by atoms with van der Waals surface area (Å²) in [6, 6.07) is 1.85. The van der Waals surface area contributed by atoms with Crippen LogP contribution in [-0.4, -0.2) is 29.0 Å². The van der Waals surface area contributed by atoms with Crippen LogP contribution in [-0.2, 0) is 0 Å². The predicted octanol–water partition coefficient (Wildman–Crippen LogP) is 2.32. The predicted molar refractivity (Wildman–Crippen MR) is 79.6 cm³/mol. The molecule has 0 radical (unpaired) electrons. The third-order valence-corrected chi connectivity index (χ3v) is 4.99. The minimum atomic E-state index is -0.426. The van der Waals surface area contributed by atoms with Crippen molar-refractivity contribution in [2.45, 2.75) is 25.3 Å². The summed E-state index contributed by atoms with van der Waals surface area (Å²) >= 11 is 3.40. The van der Waals surface area contributed by atoms with Gasteiger partial charge in [-0.1, -0.05) is 0 Å². The van der Waals surface area contributed by atoms with Crippen molar-refractivity contribution in [3.8, 4) is 0 Å². The second-order valence-corrected chi connectivity index (χ2v) is 6.61. The Morgan fingerprint density at radius 2 is 2.15 bits per heavy atom. The van der Waals surface area contributed by atoms with Crippen LogP contribution in [0.5, 0.6) is 0 Å². The SMILES string of the molecule is NC1CC[C@@H]2CN(c3ncc([N+](=O)[O-])cc3Br)C[C@@H]2C1. The van der Waals surface area contributed by atoms with Gasteiger partial charge in [-0.25, -0.2) is 4.98 Å². The first kappa shape index (κ1) is 13.8. The highest BCUT2D eigenvalue weighted by Crippen LogP contribution is 2.39. The van der Waals surface area contributed by atoms with E-state index < -0.39 is 4.92 Å². The molecule has 1 aromatic rings. The molecule has 1 saturated carbocycles. The molecule has 7 heteroatoms. The second-order valence-electron chi connectivity index (χ2n) is 5.75. The van der Waals surface area contributed by atoms with Crippen LogP contribution in [0.4, 0.5) is 11.5 Å². The molecule has 1 aliphatic carbocycles. The monoisotopic (exact) mass is 340 g/mol. The number of fused-ring (bicyclic) bond motifs is 1. The Kier molecular flexibility index (Phi) is 3.64. The van der Waals surface area contributed by atoms with Crippen LogP contribution in [0.1, 0.15) is 19.3 Å². The number of halogens is 1. The lowest BCUT2D eigenvalue weighted by atomic mass is 9.79. The summed E-state index contributed by atoms with van der Waals surface area (Å²) in [4.78, 5) is 16.8. The lowest BCUT2D eigenvalue weighted by Gasteiger charge is -2.27. The third-order valence-electron chi connectivity index (χ3n) is 4.41. The number of nitro groups is 1. The molecular formula is C13H17BrN4O2. The Bertz CT molecular complexity index is 539. The van der Waals surface area contributed by atoms with Gasteiger partial charge in [0.25, 0.3) is 5.69 Å². The van der Waals surface area contributed by atoms with E-state index in [1.165, 1.54) is 18.7 Å². The molecule has 2 heterocycles. The van der Waals surface area contributed by atoms with Crippen molar-refractivity contribution < 1.29 is 4.92 Å². The maximum absolute atomic E-state index is 10.7. The van der Waals surface area contributed by atoms with E-state index in [4.69, 9.17) is 5.73 Å². The number of hydrogen-bond donors (Lipinski definition) is 1. The van der Waals surface area contributed by atoms with Crippen LogP contribution in [0.2, 0.25) is 0 Å². The van der Waals surface area contributed by atoms with Gasteiger partial charge in [0.05, 0.1) is 9.40 Å². The number of aromatic nitrogens is 1. The van der Waals surface area contributed by atoms with Gasteiger partial charge < -0.3 is 10.6 Å². The molecule has 0 bridgehead atoms. The molecule has 0 amide bonds. The number of anilines is 1. The quantitative estimate of drug-likeness (QED) is 0.659. The van der Waals surface area contributed by atoms with Gasteiger partial charge in [-0.2, -0.15) is 0 Å². The Morgan fingerprint density at radius 3 is 2.85 bits per heavy atom. The summed E-state index contributed by atoms with van der Waals surface area (Å²) < 4.78 is 0.689.